The third-order valence-electron chi connectivity index (χ3n) is 3.06. The van der Waals surface area contributed by atoms with Crippen LogP contribution in [-0.2, 0) is 4.79 Å². The zero-order valence-electron chi connectivity index (χ0n) is 9.86. The van der Waals surface area contributed by atoms with Gasteiger partial charge in [0.1, 0.15) is 0 Å². The number of carbonyl (C=O) groups excluding carboxylic acids is 1. The van der Waals surface area contributed by atoms with E-state index in [9.17, 15) is 4.79 Å². The molecular weight excluding hydrogens is 200 g/mol. The Labute approximate surface area is 96.2 Å². The molecule has 1 atom stereocenters. The van der Waals surface area contributed by atoms with Crippen molar-refractivity contribution in [3.05, 3.63) is 29.3 Å². The molecule has 0 saturated carbocycles. The second-order valence-electron chi connectivity index (χ2n) is 4.66. The highest BCUT2D eigenvalue weighted by Gasteiger charge is 2.29. The molecule has 2 rings (SSSR count). The summed E-state index contributed by atoms with van der Waals surface area (Å²) in [6, 6.07) is 6.23. The molecule has 0 spiro atoms. The Balaban J connectivity index is 2.27. The van der Waals surface area contributed by atoms with Gasteiger partial charge in [0.2, 0.25) is 5.91 Å². The highest BCUT2D eigenvalue weighted by molar-refractivity contribution is 5.95. The van der Waals surface area contributed by atoms with E-state index in [2.05, 4.69) is 32.0 Å². The molecule has 1 aliphatic rings. The minimum atomic E-state index is 0.195. The summed E-state index contributed by atoms with van der Waals surface area (Å²) >= 11 is 0. The summed E-state index contributed by atoms with van der Waals surface area (Å²) in [4.78, 5) is 13.7. The lowest BCUT2D eigenvalue weighted by atomic mass is 10.1. The molecule has 1 unspecified atom stereocenters. The van der Waals surface area contributed by atoms with Crippen molar-refractivity contribution in [1.82, 2.24) is 0 Å². The molecule has 1 heterocycles. The predicted octanol–water partition coefficient (Wildman–Crippen LogP) is 1.62. The van der Waals surface area contributed by atoms with Crippen molar-refractivity contribution in [2.75, 3.05) is 18.0 Å². The average molecular weight is 218 g/mol. The normalized spacial score (nSPS) is 20.6. The summed E-state index contributed by atoms with van der Waals surface area (Å²) in [5.74, 6) is 0.508. The van der Waals surface area contributed by atoms with Crippen molar-refractivity contribution in [3.63, 3.8) is 0 Å². The number of aryl methyl sites for hydroxylation is 2. The number of anilines is 1. The molecule has 86 valence electrons. The van der Waals surface area contributed by atoms with E-state index in [1.165, 1.54) is 11.1 Å². The molecule has 1 aliphatic heterocycles. The van der Waals surface area contributed by atoms with Crippen LogP contribution in [-0.4, -0.2) is 19.0 Å². The molecule has 2 N–H and O–H groups in total. The first-order valence-electron chi connectivity index (χ1n) is 5.69. The molecular formula is C13H18N2O. The fourth-order valence-electron chi connectivity index (χ4n) is 2.30. The lowest BCUT2D eigenvalue weighted by Crippen LogP contribution is -2.25. The van der Waals surface area contributed by atoms with Crippen LogP contribution in [0.2, 0.25) is 0 Å². The average Bonchev–Trinajstić information content (AvgIpc) is 2.58. The number of amides is 1. The zero-order chi connectivity index (χ0) is 11.7. The van der Waals surface area contributed by atoms with Gasteiger partial charge in [0, 0.05) is 18.7 Å². The minimum Gasteiger partial charge on any atom is -0.330 e. The Bertz CT molecular complexity index is 394. The van der Waals surface area contributed by atoms with Gasteiger partial charge in [-0.2, -0.15) is 0 Å². The van der Waals surface area contributed by atoms with Crippen LogP contribution in [0.25, 0.3) is 0 Å². The molecule has 16 heavy (non-hydrogen) atoms. The second kappa shape index (κ2) is 4.26. The van der Waals surface area contributed by atoms with Crippen LogP contribution in [0.3, 0.4) is 0 Å². The van der Waals surface area contributed by atoms with Gasteiger partial charge < -0.3 is 10.6 Å². The van der Waals surface area contributed by atoms with Crippen molar-refractivity contribution in [1.29, 1.82) is 0 Å². The van der Waals surface area contributed by atoms with E-state index in [4.69, 9.17) is 5.73 Å². The van der Waals surface area contributed by atoms with Crippen LogP contribution in [0.15, 0.2) is 18.2 Å². The first-order valence-corrected chi connectivity index (χ1v) is 5.69. The maximum atomic E-state index is 11.8. The van der Waals surface area contributed by atoms with Crippen molar-refractivity contribution in [2.45, 2.75) is 20.3 Å². The Morgan fingerprint density at radius 3 is 2.44 bits per heavy atom. The number of carbonyl (C=O) groups is 1. The van der Waals surface area contributed by atoms with Crippen LogP contribution >= 0.6 is 0 Å². The third-order valence-corrected chi connectivity index (χ3v) is 3.06. The lowest BCUT2D eigenvalue weighted by Gasteiger charge is -2.17. The molecule has 1 amide bonds. The van der Waals surface area contributed by atoms with E-state index in [1.54, 1.807) is 0 Å². The Morgan fingerprint density at radius 2 is 1.94 bits per heavy atom. The van der Waals surface area contributed by atoms with Crippen LogP contribution in [0.4, 0.5) is 5.69 Å². The molecule has 0 aliphatic carbocycles. The molecule has 0 bridgehead atoms. The first kappa shape index (κ1) is 11.1. The molecule has 1 saturated heterocycles. The number of rotatable bonds is 2. The molecule has 3 nitrogen and oxygen atoms in total. The standard InChI is InChI=1S/C13H18N2O/c1-9-3-10(2)5-12(4-9)15-8-11(7-14)6-13(15)16/h3-5,11H,6-8,14H2,1-2H3. The smallest absolute Gasteiger partial charge is 0.227 e. The number of nitrogens with zero attached hydrogens (tertiary/aromatic N) is 1. The summed E-state index contributed by atoms with van der Waals surface area (Å²) in [5, 5.41) is 0. The van der Waals surface area contributed by atoms with Crippen molar-refractivity contribution >= 4 is 11.6 Å². The summed E-state index contributed by atoms with van der Waals surface area (Å²) in [5.41, 5.74) is 9.02. The van der Waals surface area contributed by atoms with Gasteiger partial charge in [-0.3, -0.25) is 4.79 Å². The Hall–Kier alpha value is -1.35. The molecule has 3 heteroatoms. The van der Waals surface area contributed by atoms with Gasteiger partial charge >= 0.3 is 0 Å². The van der Waals surface area contributed by atoms with Gasteiger partial charge in [-0.1, -0.05) is 6.07 Å². The largest absolute Gasteiger partial charge is 0.330 e. The van der Waals surface area contributed by atoms with Crippen molar-refractivity contribution in [2.24, 2.45) is 11.7 Å². The molecule has 1 aromatic rings. The topological polar surface area (TPSA) is 46.3 Å². The lowest BCUT2D eigenvalue weighted by molar-refractivity contribution is -0.117. The molecule has 1 aromatic carbocycles. The fourth-order valence-corrected chi connectivity index (χ4v) is 2.30. The van der Waals surface area contributed by atoms with Crippen LogP contribution in [0.1, 0.15) is 17.5 Å². The van der Waals surface area contributed by atoms with Gasteiger partial charge in [0.05, 0.1) is 0 Å². The highest BCUT2D eigenvalue weighted by Crippen LogP contribution is 2.26. The van der Waals surface area contributed by atoms with Gasteiger partial charge in [-0.15, -0.1) is 0 Å². The van der Waals surface area contributed by atoms with Crippen molar-refractivity contribution < 1.29 is 4.79 Å². The second-order valence-corrected chi connectivity index (χ2v) is 4.66. The Kier molecular flexibility index (Phi) is 2.97. The monoisotopic (exact) mass is 218 g/mol. The summed E-state index contributed by atoms with van der Waals surface area (Å²) in [6.07, 6.45) is 0.587. The third kappa shape index (κ3) is 2.09. The number of nitrogens with two attached hydrogens (primary N) is 1. The van der Waals surface area contributed by atoms with Crippen LogP contribution in [0, 0.1) is 19.8 Å². The van der Waals surface area contributed by atoms with E-state index >= 15 is 0 Å². The van der Waals surface area contributed by atoms with Crippen molar-refractivity contribution in [3.8, 4) is 0 Å². The van der Waals surface area contributed by atoms with E-state index in [0.29, 0.717) is 18.9 Å². The molecule has 1 fully saturated rings. The van der Waals surface area contributed by atoms with Gasteiger partial charge in [0.25, 0.3) is 0 Å². The van der Waals surface area contributed by atoms with Gasteiger partial charge in [-0.05, 0) is 49.6 Å². The molecule has 0 aromatic heterocycles. The zero-order valence-corrected chi connectivity index (χ0v) is 9.86. The first-order chi connectivity index (χ1) is 7.60. The quantitative estimate of drug-likeness (QED) is 0.819. The number of hydrogen-bond donors (Lipinski definition) is 1. The number of benzene rings is 1. The van der Waals surface area contributed by atoms with Gasteiger partial charge in [-0.25, -0.2) is 0 Å². The minimum absolute atomic E-state index is 0.195. The molecule has 0 radical (unpaired) electrons. The van der Waals surface area contributed by atoms with E-state index in [-0.39, 0.29) is 5.91 Å². The van der Waals surface area contributed by atoms with E-state index in [0.717, 1.165) is 12.2 Å². The van der Waals surface area contributed by atoms with Crippen LogP contribution < -0.4 is 10.6 Å². The number of hydrogen-bond acceptors (Lipinski definition) is 2. The van der Waals surface area contributed by atoms with E-state index in [1.807, 2.05) is 4.90 Å². The van der Waals surface area contributed by atoms with Gasteiger partial charge in [0.15, 0.2) is 0 Å². The fraction of sp³-hybridized carbons (Fsp3) is 0.462. The maximum absolute atomic E-state index is 11.8. The summed E-state index contributed by atoms with van der Waals surface area (Å²) < 4.78 is 0. The highest BCUT2D eigenvalue weighted by atomic mass is 16.2. The summed E-state index contributed by atoms with van der Waals surface area (Å²) in [6.45, 7) is 5.46. The SMILES string of the molecule is Cc1cc(C)cc(N2CC(CN)CC2=O)c1. The Morgan fingerprint density at radius 1 is 1.31 bits per heavy atom. The maximum Gasteiger partial charge on any atom is 0.227 e. The van der Waals surface area contributed by atoms with E-state index < -0.39 is 0 Å². The summed E-state index contributed by atoms with van der Waals surface area (Å²) in [7, 11) is 0. The predicted molar refractivity (Wildman–Crippen MR) is 65.4 cm³/mol. The van der Waals surface area contributed by atoms with Crippen LogP contribution in [0.5, 0.6) is 0 Å².